The van der Waals surface area contributed by atoms with E-state index in [0.717, 1.165) is 22.5 Å². The van der Waals surface area contributed by atoms with Crippen LogP contribution < -0.4 is 20.7 Å². The van der Waals surface area contributed by atoms with Crippen molar-refractivity contribution in [3.05, 3.63) is 30.0 Å². The molecule has 9 nitrogen and oxygen atoms in total. The van der Waals surface area contributed by atoms with Gasteiger partial charge in [0.25, 0.3) is 0 Å². The van der Waals surface area contributed by atoms with Crippen LogP contribution in [0.5, 0.6) is 5.75 Å². The van der Waals surface area contributed by atoms with Gasteiger partial charge in [0.05, 0.1) is 19.2 Å². The Labute approximate surface area is 163 Å². The normalized spacial score (nSPS) is 15.7. The molecule has 1 aromatic heterocycles. The summed E-state index contributed by atoms with van der Waals surface area (Å²) in [6, 6.07) is 7.24. The molecule has 3 amide bonds. The fourth-order valence-corrected chi connectivity index (χ4v) is 2.98. The van der Waals surface area contributed by atoms with E-state index in [1.807, 2.05) is 38.1 Å². The van der Waals surface area contributed by atoms with Crippen LogP contribution >= 0.6 is 0 Å². The minimum atomic E-state index is -0.365. The number of imide groups is 1. The van der Waals surface area contributed by atoms with Crippen molar-refractivity contribution >= 4 is 28.9 Å². The monoisotopic (exact) mass is 387 g/mol. The van der Waals surface area contributed by atoms with Gasteiger partial charge in [-0.05, 0) is 26.0 Å². The number of rotatable bonds is 7. The summed E-state index contributed by atoms with van der Waals surface area (Å²) in [6.45, 7) is 5.17. The molecule has 1 saturated heterocycles. The SMILES string of the molecule is CCOc1cccc2cc(C(C)NC(=NC)NCCN3C(=O)CNC3=O)oc12. The minimum absolute atomic E-state index is 0.0542. The van der Waals surface area contributed by atoms with Crippen LogP contribution in [0.2, 0.25) is 0 Å². The number of nitrogens with zero attached hydrogens (tertiary/aromatic N) is 2. The molecule has 1 fully saturated rings. The summed E-state index contributed by atoms with van der Waals surface area (Å²) in [7, 11) is 1.65. The number of ether oxygens (including phenoxy) is 1. The van der Waals surface area contributed by atoms with Crippen molar-refractivity contribution in [1.29, 1.82) is 0 Å². The van der Waals surface area contributed by atoms with Crippen molar-refractivity contribution in [2.75, 3.05) is 33.3 Å². The first kappa shape index (κ1) is 19.5. The Kier molecular flexibility index (Phi) is 6.03. The van der Waals surface area contributed by atoms with Crippen LogP contribution in [0.1, 0.15) is 25.6 Å². The van der Waals surface area contributed by atoms with E-state index in [1.54, 1.807) is 7.05 Å². The Bertz CT molecular complexity index is 876. The Morgan fingerprint density at radius 3 is 2.93 bits per heavy atom. The summed E-state index contributed by atoms with van der Waals surface area (Å²) in [5.74, 6) is 1.79. The molecule has 0 spiro atoms. The zero-order valence-electron chi connectivity index (χ0n) is 16.2. The maximum atomic E-state index is 11.6. The zero-order valence-corrected chi connectivity index (χ0v) is 16.2. The maximum Gasteiger partial charge on any atom is 0.324 e. The first-order valence-electron chi connectivity index (χ1n) is 9.24. The Morgan fingerprint density at radius 2 is 2.25 bits per heavy atom. The number of amides is 3. The second-order valence-corrected chi connectivity index (χ2v) is 6.33. The lowest BCUT2D eigenvalue weighted by atomic mass is 10.2. The van der Waals surface area contributed by atoms with E-state index in [2.05, 4.69) is 20.9 Å². The number of hydrogen-bond donors (Lipinski definition) is 3. The van der Waals surface area contributed by atoms with Gasteiger partial charge >= 0.3 is 6.03 Å². The highest BCUT2D eigenvalue weighted by Crippen LogP contribution is 2.31. The third-order valence-electron chi connectivity index (χ3n) is 4.40. The molecule has 28 heavy (non-hydrogen) atoms. The lowest BCUT2D eigenvalue weighted by Gasteiger charge is -2.18. The van der Waals surface area contributed by atoms with E-state index in [0.29, 0.717) is 19.1 Å². The number of carbonyl (C=O) groups is 2. The van der Waals surface area contributed by atoms with Crippen molar-refractivity contribution in [1.82, 2.24) is 20.9 Å². The molecule has 1 atom stereocenters. The fraction of sp³-hybridized carbons (Fsp3) is 0.421. The van der Waals surface area contributed by atoms with Crippen molar-refractivity contribution in [3.63, 3.8) is 0 Å². The van der Waals surface area contributed by atoms with Crippen molar-refractivity contribution in [3.8, 4) is 5.75 Å². The third kappa shape index (κ3) is 4.19. The number of guanidine groups is 1. The van der Waals surface area contributed by atoms with Crippen LogP contribution in [0.3, 0.4) is 0 Å². The van der Waals surface area contributed by atoms with Gasteiger partial charge in [-0.3, -0.25) is 14.7 Å². The van der Waals surface area contributed by atoms with Crippen LogP contribution in [-0.4, -0.2) is 56.1 Å². The first-order chi connectivity index (χ1) is 13.5. The summed E-state index contributed by atoms with van der Waals surface area (Å²) >= 11 is 0. The van der Waals surface area contributed by atoms with Gasteiger partial charge in [0.2, 0.25) is 5.91 Å². The van der Waals surface area contributed by atoms with Crippen LogP contribution in [0.25, 0.3) is 11.0 Å². The van der Waals surface area contributed by atoms with Gasteiger partial charge in [0.1, 0.15) is 5.76 Å². The van der Waals surface area contributed by atoms with Gasteiger partial charge in [-0.15, -0.1) is 0 Å². The van der Waals surface area contributed by atoms with E-state index in [-0.39, 0.29) is 31.1 Å². The molecule has 1 unspecified atom stereocenters. The number of hydrogen-bond acceptors (Lipinski definition) is 5. The molecule has 2 heterocycles. The topological polar surface area (TPSA) is 108 Å². The van der Waals surface area contributed by atoms with Gasteiger partial charge in [0.15, 0.2) is 17.3 Å². The summed E-state index contributed by atoms with van der Waals surface area (Å²) in [5.41, 5.74) is 0.717. The van der Waals surface area contributed by atoms with Crippen LogP contribution in [0.15, 0.2) is 33.7 Å². The largest absolute Gasteiger partial charge is 0.490 e. The highest BCUT2D eigenvalue weighted by molar-refractivity contribution is 6.02. The fourth-order valence-electron chi connectivity index (χ4n) is 2.98. The predicted molar refractivity (Wildman–Crippen MR) is 105 cm³/mol. The van der Waals surface area contributed by atoms with Crippen molar-refractivity contribution in [2.45, 2.75) is 19.9 Å². The second kappa shape index (κ2) is 8.64. The average Bonchev–Trinajstić information content (AvgIpc) is 3.26. The molecule has 1 aromatic carbocycles. The second-order valence-electron chi connectivity index (χ2n) is 6.33. The molecule has 2 aromatic rings. The van der Waals surface area contributed by atoms with Gasteiger partial charge in [-0.2, -0.15) is 0 Å². The third-order valence-corrected chi connectivity index (χ3v) is 4.40. The highest BCUT2D eigenvalue weighted by Gasteiger charge is 2.27. The smallest absolute Gasteiger partial charge is 0.324 e. The molecule has 3 rings (SSSR count). The van der Waals surface area contributed by atoms with E-state index in [4.69, 9.17) is 9.15 Å². The number of urea groups is 1. The number of furan rings is 1. The molecule has 3 N–H and O–H groups in total. The molecular weight excluding hydrogens is 362 g/mol. The molecule has 0 aliphatic carbocycles. The molecule has 9 heteroatoms. The van der Waals surface area contributed by atoms with Gasteiger partial charge in [-0.25, -0.2) is 4.79 Å². The Balaban J connectivity index is 1.60. The van der Waals surface area contributed by atoms with E-state index in [9.17, 15) is 9.59 Å². The van der Waals surface area contributed by atoms with Crippen LogP contribution in [0.4, 0.5) is 4.79 Å². The van der Waals surface area contributed by atoms with E-state index in [1.165, 1.54) is 4.90 Å². The number of aliphatic imine (C=N–C) groups is 1. The number of benzene rings is 1. The van der Waals surface area contributed by atoms with Gasteiger partial charge in [0, 0.05) is 25.5 Å². The summed E-state index contributed by atoms with van der Waals surface area (Å²) in [6.07, 6.45) is 0. The van der Waals surface area contributed by atoms with Crippen LogP contribution in [-0.2, 0) is 4.79 Å². The Morgan fingerprint density at radius 1 is 1.43 bits per heavy atom. The standard InChI is InChI=1S/C19H25N5O4/c1-4-27-14-7-5-6-13-10-15(28-17(13)14)12(2)23-18(20-3)21-8-9-24-16(25)11-22-19(24)26/h5-7,10,12H,4,8-9,11H2,1-3H3,(H,22,26)(H2,20,21,23). The molecule has 0 bridgehead atoms. The van der Waals surface area contributed by atoms with Crippen molar-refractivity contribution < 1.29 is 18.7 Å². The quantitative estimate of drug-likeness (QED) is 0.378. The van der Waals surface area contributed by atoms with Gasteiger partial charge in [-0.1, -0.05) is 12.1 Å². The van der Waals surface area contributed by atoms with E-state index >= 15 is 0 Å². The number of nitrogens with one attached hydrogen (secondary N) is 3. The summed E-state index contributed by atoms with van der Waals surface area (Å²) in [5, 5.41) is 9.81. The number of para-hydroxylation sites is 1. The number of fused-ring (bicyclic) bond motifs is 1. The molecular formula is C19H25N5O4. The maximum absolute atomic E-state index is 11.6. The summed E-state index contributed by atoms with van der Waals surface area (Å²) < 4.78 is 11.6. The molecule has 0 saturated carbocycles. The Hall–Kier alpha value is -3.23. The lowest BCUT2D eigenvalue weighted by molar-refractivity contribution is -0.124. The highest BCUT2D eigenvalue weighted by atomic mass is 16.5. The van der Waals surface area contributed by atoms with E-state index < -0.39 is 0 Å². The molecule has 1 aliphatic heterocycles. The average molecular weight is 387 g/mol. The van der Waals surface area contributed by atoms with Gasteiger partial charge < -0.3 is 25.1 Å². The summed E-state index contributed by atoms with van der Waals surface area (Å²) in [4.78, 5) is 28.5. The molecule has 0 radical (unpaired) electrons. The number of carbonyl (C=O) groups excluding carboxylic acids is 2. The molecule has 1 aliphatic rings. The van der Waals surface area contributed by atoms with Crippen LogP contribution in [0, 0.1) is 0 Å². The predicted octanol–water partition coefficient (Wildman–Crippen LogP) is 1.61. The van der Waals surface area contributed by atoms with Crippen molar-refractivity contribution in [2.24, 2.45) is 4.99 Å². The first-order valence-corrected chi connectivity index (χ1v) is 9.24. The lowest BCUT2D eigenvalue weighted by Crippen LogP contribution is -2.43. The zero-order chi connectivity index (χ0) is 20.1. The minimum Gasteiger partial charge on any atom is -0.490 e. The molecule has 150 valence electrons.